The molecule has 4 N–H and O–H groups in total. The number of piperazine rings is 1. The van der Waals surface area contributed by atoms with Crippen LogP contribution < -0.4 is 10.6 Å². The Morgan fingerprint density at radius 2 is 1.83 bits per heavy atom. The fraction of sp³-hybridized carbons (Fsp3) is 0.261. The molecule has 190 valence electrons. The Morgan fingerprint density at radius 3 is 2.53 bits per heavy atom. The fourth-order valence-corrected chi connectivity index (χ4v) is 5.66. The van der Waals surface area contributed by atoms with E-state index in [2.05, 4.69) is 43.7 Å². The smallest absolute Gasteiger partial charge is 0.490 e. The van der Waals surface area contributed by atoms with E-state index in [4.69, 9.17) is 9.90 Å². The molecule has 36 heavy (non-hydrogen) atoms. The van der Waals surface area contributed by atoms with Crippen LogP contribution in [0.3, 0.4) is 0 Å². The lowest BCUT2D eigenvalue weighted by Gasteiger charge is -2.26. The van der Waals surface area contributed by atoms with E-state index in [1.807, 2.05) is 23.5 Å². The number of aromatic nitrogens is 2. The number of carboxylic acid groups (broad SMARTS) is 1. The van der Waals surface area contributed by atoms with Crippen LogP contribution in [0, 0.1) is 0 Å². The number of hydrogen-bond donors (Lipinski definition) is 4. The summed E-state index contributed by atoms with van der Waals surface area (Å²) in [6.45, 7) is 5.37. The first-order chi connectivity index (χ1) is 17.2. The topological polar surface area (TPSA) is 111 Å². The van der Waals surface area contributed by atoms with Crippen molar-refractivity contribution in [2.75, 3.05) is 31.5 Å². The van der Waals surface area contributed by atoms with Gasteiger partial charge in [0.25, 0.3) is 0 Å². The minimum atomic E-state index is -5.08. The number of thiophene rings is 2. The summed E-state index contributed by atoms with van der Waals surface area (Å²) in [6, 6.07) is 13.6. The molecule has 4 aromatic rings. The Hall–Kier alpha value is -3.26. The molecule has 0 spiro atoms. The van der Waals surface area contributed by atoms with Gasteiger partial charge in [-0.1, -0.05) is 6.07 Å². The molecule has 1 aromatic carbocycles. The van der Waals surface area contributed by atoms with Crippen LogP contribution in [0.5, 0.6) is 5.75 Å². The zero-order valence-corrected chi connectivity index (χ0v) is 20.4. The van der Waals surface area contributed by atoms with E-state index in [9.17, 15) is 18.3 Å². The number of phenolic OH excluding ortho intramolecular Hbond substituents is 1. The summed E-state index contributed by atoms with van der Waals surface area (Å²) in [5, 5.41) is 23.5. The zero-order valence-electron chi connectivity index (χ0n) is 18.7. The van der Waals surface area contributed by atoms with Crippen molar-refractivity contribution >= 4 is 50.4 Å². The van der Waals surface area contributed by atoms with E-state index in [0.717, 1.165) is 54.4 Å². The van der Waals surface area contributed by atoms with Gasteiger partial charge in [0.2, 0.25) is 0 Å². The number of hydrogen-bond acceptors (Lipinski definition) is 9. The molecule has 1 saturated heterocycles. The number of carboxylic acids is 1. The Labute approximate surface area is 212 Å². The number of aliphatic carboxylic acids is 1. The van der Waals surface area contributed by atoms with E-state index in [1.165, 1.54) is 14.6 Å². The molecule has 0 radical (unpaired) electrons. The molecule has 8 nitrogen and oxygen atoms in total. The molecule has 0 unspecified atom stereocenters. The highest BCUT2D eigenvalue weighted by Crippen LogP contribution is 2.39. The van der Waals surface area contributed by atoms with Crippen LogP contribution in [0.25, 0.3) is 20.0 Å². The van der Waals surface area contributed by atoms with Gasteiger partial charge in [0, 0.05) is 59.1 Å². The van der Waals surface area contributed by atoms with Crippen molar-refractivity contribution in [2.45, 2.75) is 12.7 Å². The van der Waals surface area contributed by atoms with E-state index in [0.29, 0.717) is 0 Å². The van der Waals surface area contributed by atoms with Gasteiger partial charge < -0.3 is 20.8 Å². The average molecular weight is 538 g/mol. The number of aromatic hydroxyl groups is 1. The monoisotopic (exact) mass is 537 g/mol. The molecule has 0 saturated carbocycles. The van der Waals surface area contributed by atoms with Crippen molar-refractivity contribution in [3.63, 3.8) is 0 Å². The Kier molecular flexibility index (Phi) is 8.04. The van der Waals surface area contributed by atoms with Crippen molar-refractivity contribution in [1.82, 2.24) is 20.2 Å². The summed E-state index contributed by atoms with van der Waals surface area (Å²) in [4.78, 5) is 24.1. The van der Waals surface area contributed by atoms with E-state index in [-0.39, 0.29) is 5.75 Å². The van der Waals surface area contributed by atoms with Gasteiger partial charge in [0.05, 0.1) is 10.2 Å². The molecule has 5 rings (SSSR count). The maximum absolute atomic E-state index is 10.6. The number of carbonyl (C=O) groups is 1. The van der Waals surface area contributed by atoms with Gasteiger partial charge in [0.15, 0.2) is 5.82 Å². The molecule has 1 fully saturated rings. The van der Waals surface area contributed by atoms with Crippen LogP contribution in [-0.2, 0) is 11.3 Å². The summed E-state index contributed by atoms with van der Waals surface area (Å²) >= 11 is 3.55. The molecule has 0 atom stereocenters. The first kappa shape index (κ1) is 25.8. The van der Waals surface area contributed by atoms with Crippen molar-refractivity contribution in [1.29, 1.82) is 0 Å². The van der Waals surface area contributed by atoms with Crippen LogP contribution in [0.15, 0.2) is 48.8 Å². The number of fused-ring (bicyclic) bond motifs is 1. The molecule has 4 heterocycles. The highest BCUT2D eigenvalue weighted by molar-refractivity contribution is 7.26. The number of anilines is 2. The Balaban J connectivity index is 0.000000384. The van der Waals surface area contributed by atoms with Crippen molar-refractivity contribution in [3.8, 4) is 15.5 Å². The van der Waals surface area contributed by atoms with E-state index in [1.54, 1.807) is 29.8 Å². The van der Waals surface area contributed by atoms with E-state index >= 15 is 0 Å². The number of nitrogens with one attached hydrogen (secondary N) is 2. The third-order valence-corrected chi connectivity index (χ3v) is 7.55. The number of halogens is 3. The molecule has 1 aliphatic heterocycles. The van der Waals surface area contributed by atoms with Gasteiger partial charge in [-0.05, 0) is 30.3 Å². The van der Waals surface area contributed by atoms with Gasteiger partial charge >= 0.3 is 12.1 Å². The van der Waals surface area contributed by atoms with Crippen LogP contribution in [0.2, 0.25) is 0 Å². The quantitative estimate of drug-likeness (QED) is 0.284. The van der Waals surface area contributed by atoms with Gasteiger partial charge in [-0.25, -0.2) is 14.8 Å². The normalized spacial score (nSPS) is 14.3. The number of rotatable bonds is 5. The summed E-state index contributed by atoms with van der Waals surface area (Å²) in [5.74, 6) is -1.77. The van der Waals surface area contributed by atoms with Crippen LogP contribution in [0.4, 0.5) is 24.7 Å². The second kappa shape index (κ2) is 11.2. The minimum Gasteiger partial charge on any atom is -0.508 e. The first-order valence-corrected chi connectivity index (χ1v) is 12.5. The molecular formula is C23H22F3N5O3S2. The van der Waals surface area contributed by atoms with Gasteiger partial charge in [-0.15, -0.1) is 22.7 Å². The summed E-state index contributed by atoms with van der Waals surface area (Å²) in [7, 11) is 0. The number of benzene rings is 1. The van der Waals surface area contributed by atoms with E-state index < -0.39 is 12.1 Å². The highest BCUT2D eigenvalue weighted by atomic mass is 32.1. The summed E-state index contributed by atoms with van der Waals surface area (Å²) in [5.41, 5.74) is 1.73. The lowest BCUT2D eigenvalue weighted by Crippen LogP contribution is -2.42. The summed E-state index contributed by atoms with van der Waals surface area (Å²) in [6.07, 6.45) is -3.51. The average Bonchev–Trinajstić information content (AvgIpc) is 3.47. The van der Waals surface area contributed by atoms with Gasteiger partial charge in [-0.3, -0.25) is 4.90 Å². The number of phenols is 1. The third kappa shape index (κ3) is 6.69. The largest absolute Gasteiger partial charge is 0.508 e. The molecule has 0 bridgehead atoms. The molecule has 13 heteroatoms. The standard InChI is InChI=1S/C21H21N5OS2.C2HF3O2/c27-15-3-1-2-14(10-15)25-21-20-17(23-13-24-21)11-19(29-20)18-5-4-16(28-18)12-26-8-6-22-7-9-26;3-2(4,5)1(6)7/h1-5,10-11,13,22,27H,6-9,12H2,(H,23,24,25);(H,6,7). The Morgan fingerprint density at radius 1 is 1.08 bits per heavy atom. The maximum Gasteiger partial charge on any atom is 0.490 e. The van der Waals surface area contributed by atoms with Crippen molar-refractivity contribution < 1.29 is 28.2 Å². The van der Waals surface area contributed by atoms with Crippen LogP contribution in [-0.4, -0.2) is 63.4 Å². The number of nitrogens with zero attached hydrogens (tertiary/aromatic N) is 3. The second-order valence-corrected chi connectivity index (χ2v) is 10.0. The van der Waals surface area contributed by atoms with Gasteiger partial charge in [-0.2, -0.15) is 13.2 Å². The lowest BCUT2D eigenvalue weighted by atomic mass is 10.3. The summed E-state index contributed by atoms with van der Waals surface area (Å²) < 4.78 is 32.8. The molecule has 1 aliphatic rings. The predicted octanol–water partition coefficient (Wildman–Crippen LogP) is 4.91. The minimum absolute atomic E-state index is 0.225. The SMILES string of the molecule is O=C(O)C(F)(F)F.Oc1cccc(Nc2ncnc3cc(-c4ccc(CN5CCNCC5)s4)sc23)c1. The first-order valence-electron chi connectivity index (χ1n) is 10.8. The number of alkyl halides is 3. The molecule has 0 amide bonds. The predicted molar refractivity (Wildman–Crippen MR) is 134 cm³/mol. The van der Waals surface area contributed by atoms with Gasteiger partial charge in [0.1, 0.15) is 12.1 Å². The molecule has 3 aromatic heterocycles. The third-order valence-electron chi connectivity index (χ3n) is 5.16. The molecule has 0 aliphatic carbocycles. The van der Waals surface area contributed by atoms with Crippen molar-refractivity contribution in [3.05, 3.63) is 53.7 Å². The lowest BCUT2D eigenvalue weighted by molar-refractivity contribution is -0.192. The van der Waals surface area contributed by atoms with Crippen LogP contribution in [0.1, 0.15) is 4.88 Å². The second-order valence-electron chi connectivity index (χ2n) is 7.82. The molecular weight excluding hydrogens is 515 g/mol. The van der Waals surface area contributed by atoms with Crippen LogP contribution >= 0.6 is 22.7 Å². The zero-order chi connectivity index (χ0) is 25.7. The fourth-order valence-electron chi connectivity index (χ4n) is 3.47. The Bertz CT molecular complexity index is 1340. The highest BCUT2D eigenvalue weighted by Gasteiger charge is 2.38. The van der Waals surface area contributed by atoms with Crippen molar-refractivity contribution in [2.24, 2.45) is 0 Å². The maximum atomic E-state index is 10.6.